The van der Waals surface area contributed by atoms with Gasteiger partial charge in [-0.2, -0.15) is 0 Å². The number of aryl methyl sites for hydroxylation is 1. The molecule has 2 rings (SSSR count). The Balaban J connectivity index is 3.01. The van der Waals surface area contributed by atoms with Gasteiger partial charge in [-0.05, 0) is 54.5 Å². The summed E-state index contributed by atoms with van der Waals surface area (Å²) in [6, 6.07) is 4.20. The second-order valence-electron chi connectivity index (χ2n) is 5.90. The minimum absolute atomic E-state index is 0.134. The van der Waals surface area contributed by atoms with E-state index in [9.17, 15) is 0 Å². The van der Waals surface area contributed by atoms with Crippen LogP contribution in [0.4, 0.5) is 0 Å². The lowest BCUT2D eigenvalue weighted by Gasteiger charge is -2.26. The van der Waals surface area contributed by atoms with Crippen molar-refractivity contribution >= 4 is 10.9 Å². The fraction of sp³-hybridized carbons (Fsp3) is 0.438. The molecule has 1 heteroatoms. The monoisotopic (exact) mass is 227 g/mol. The van der Waals surface area contributed by atoms with Gasteiger partial charge in [-0.25, -0.2) is 0 Å². The summed E-state index contributed by atoms with van der Waals surface area (Å²) in [6.07, 6.45) is 1.89. The molecular formula is C16H21N. The molecule has 2 aromatic rings. The number of nitrogens with zero attached hydrogens (tertiary/aromatic N) is 1. The molecule has 0 radical (unpaired) electrons. The van der Waals surface area contributed by atoms with Crippen LogP contribution >= 0.6 is 0 Å². The zero-order valence-electron chi connectivity index (χ0n) is 11.7. The van der Waals surface area contributed by atoms with Gasteiger partial charge in [-0.15, -0.1) is 0 Å². The predicted molar refractivity (Wildman–Crippen MR) is 74.7 cm³/mol. The smallest absolute Gasteiger partial charge is 0.0744 e. The second kappa shape index (κ2) is 3.83. The van der Waals surface area contributed by atoms with E-state index in [4.69, 9.17) is 0 Å². The summed E-state index contributed by atoms with van der Waals surface area (Å²) < 4.78 is 0. The van der Waals surface area contributed by atoms with E-state index in [1.807, 2.05) is 12.3 Å². The van der Waals surface area contributed by atoms with Gasteiger partial charge in [0, 0.05) is 11.6 Å². The molecule has 0 fully saturated rings. The molecule has 0 saturated heterocycles. The maximum absolute atomic E-state index is 4.61. The van der Waals surface area contributed by atoms with E-state index < -0.39 is 0 Å². The third-order valence-corrected chi connectivity index (χ3v) is 3.70. The highest BCUT2D eigenvalue weighted by Crippen LogP contribution is 2.35. The number of fused-ring (bicyclic) bond motifs is 1. The molecule has 0 aliphatic rings. The topological polar surface area (TPSA) is 12.9 Å². The molecule has 0 aliphatic carbocycles. The average Bonchev–Trinajstić information content (AvgIpc) is 2.24. The quantitative estimate of drug-likeness (QED) is 0.647. The van der Waals surface area contributed by atoms with Crippen molar-refractivity contribution in [2.24, 2.45) is 0 Å². The predicted octanol–water partition coefficient (Wildman–Crippen LogP) is 4.46. The minimum atomic E-state index is 0.134. The Morgan fingerprint density at radius 3 is 2.18 bits per heavy atom. The van der Waals surface area contributed by atoms with Crippen LogP contribution < -0.4 is 0 Å². The summed E-state index contributed by atoms with van der Waals surface area (Å²) in [7, 11) is 0. The van der Waals surface area contributed by atoms with Crippen molar-refractivity contribution < 1.29 is 0 Å². The molecule has 0 aliphatic heterocycles. The van der Waals surface area contributed by atoms with Crippen LogP contribution in [0.3, 0.4) is 0 Å². The first-order valence-electron chi connectivity index (χ1n) is 6.19. The molecule has 17 heavy (non-hydrogen) atoms. The minimum Gasteiger partial charge on any atom is -0.256 e. The zero-order valence-corrected chi connectivity index (χ0v) is 11.7. The number of aromatic nitrogens is 1. The van der Waals surface area contributed by atoms with Crippen LogP contribution in [-0.4, -0.2) is 4.98 Å². The Morgan fingerprint density at radius 2 is 1.59 bits per heavy atom. The van der Waals surface area contributed by atoms with Crippen molar-refractivity contribution in [1.82, 2.24) is 4.98 Å². The molecule has 0 N–H and O–H groups in total. The summed E-state index contributed by atoms with van der Waals surface area (Å²) in [5.74, 6) is 0. The Morgan fingerprint density at radius 1 is 0.941 bits per heavy atom. The van der Waals surface area contributed by atoms with Gasteiger partial charge in [0.05, 0.1) is 5.52 Å². The summed E-state index contributed by atoms with van der Waals surface area (Å²) in [4.78, 5) is 4.61. The van der Waals surface area contributed by atoms with E-state index in [0.717, 1.165) is 0 Å². The van der Waals surface area contributed by atoms with Gasteiger partial charge in [0.2, 0.25) is 0 Å². The first kappa shape index (κ1) is 12.1. The number of hydrogen-bond donors (Lipinski definition) is 0. The fourth-order valence-corrected chi connectivity index (χ4v) is 2.67. The molecule has 1 nitrogen and oxygen atoms in total. The molecule has 90 valence electrons. The van der Waals surface area contributed by atoms with Gasteiger partial charge in [-0.1, -0.05) is 26.8 Å². The highest BCUT2D eigenvalue weighted by atomic mass is 14.7. The lowest BCUT2D eigenvalue weighted by atomic mass is 9.79. The number of hydrogen-bond acceptors (Lipinski definition) is 1. The SMILES string of the molecule is Cc1c(C)c(C(C)(C)C)c2ncccc2c1C. The Bertz CT molecular complexity index is 574. The van der Waals surface area contributed by atoms with Gasteiger partial charge in [0.15, 0.2) is 0 Å². The van der Waals surface area contributed by atoms with Gasteiger partial charge >= 0.3 is 0 Å². The van der Waals surface area contributed by atoms with E-state index in [-0.39, 0.29) is 5.41 Å². The third kappa shape index (κ3) is 1.84. The molecule has 0 spiro atoms. The fourth-order valence-electron chi connectivity index (χ4n) is 2.67. The standard InChI is InChI=1S/C16H21N/c1-10-11(2)13-8-7-9-17-15(13)14(12(10)3)16(4,5)6/h7-9H,1-6H3. The molecule has 0 unspecified atom stereocenters. The first-order chi connectivity index (χ1) is 7.84. The third-order valence-electron chi connectivity index (χ3n) is 3.70. The van der Waals surface area contributed by atoms with E-state index in [0.29, 0.717) is 0 Å². The van der Waals surface area contributed by atoms with Crippen molar-refractivity contribution in [1.29, 1.82) is 0 Å². The lowest BCUT2D eigenvalue weighted by molar-refractivity contribution is 0.590. The van der Waals surface area contributed by atoms with Crippen molar-refractivity contribution in [3.8, 4) is 0 Å². The number of benzene rings is 1. The Labute approximate surface area is 104 Å². The zero-order chi connectivity index (χ0) is 12.8. The molecule has 0 saturated carbocycles. The average molecular weight is 227 g/mol. The molecule has 1 aromatic carbocycles. The molecule has 1 heterocycles. The van der Waals surface area contributed by atoms with Crippen LogP contribution in [0.25, 0.3) is 10.9 Å². The Hall–Kier alpha value is -1.37. The summed E-state index contributed by atoms with van der Waals surface area (Å²) in [5, 5.41) is 1.29. The van der Waals surface area contributed by atoms with Crippen LogP contribution in [0.1, 0.15) is 43.0 Å². The van der Waals surface area contributed by atoms with Crippen molar-refractivity contribution in [2.45, 2.75) is 47.0 Å². The lowest BCUT2D eigenvalue weighted by Crippen LogP contribution is -2.16. The van der Waals surface area contributed by atoms with E-state index >= 15 is 0 Å². The van der Waals surface area contributed by atoms with E-state index in [1.165, 1.54) is 33.2 Å². The Kier molecular flexibility index (Phi) is 2.73. The van der Waals surface area contributed by atoms with Crippen LogP contribution in [-0.2, 0) is 5.41 Å². The van der Waals surface area contributed by atoms with Gasteiger partial charge in [0.1, 0.15) is 0 Å². The van der Waals surface area contributed by atoms with E-state index in [1.54, 1.807) is 0 Å². The van der Waals surface area contributed by atoms with Crippen molar-refractivity contribution in [2.75, 3.05) is 0 Å². The molecule has 0 bridgehead atoms. The highest BCUT2D eigenvalue weighted by Gasteiger charge is 2.22. The second-order valence-corrected chi connectivity index (χ2v) is 5.90. The van der Waals surface area contributed by atoms with Gasteiger partial charge in [0.25, 0.3) is 0 Å². The van der Waals surface area contributed by atoms with Crippen LogP contribution in [0.2, 0.25) is 0 Å². The van der Waals surface area contributed by atoms with Gasteiger partial charge < -0.3 is 0 Å². The summed E-state index contributed by atoms with van der Waals surface area (Å²) >= 11 is 0. The molecule has 1 aromatic heterocycles. The van der Waals surface area contributed by atoms with E-state index in [2.05, 4.69) is 52.6 Å². The maximum Gasteiger partial charge on any atom is 0.0744 e. The highest BCUT2D eigenvalue weighted by molar-refractivity contribution is 5.88. The molecule has 0 atom stereocenters. The van der Waals surface area contributed by atoms with Crippen LogP contribution in [0, 0.1) is 20.8 Å². The number of pyridine rings is 1. The van der Waals surface area contributed by atoms with Crippen molar-refractivity contribution in [3.05, 3.63) is 40.6 Å². The molecule has 0 amide bonds. The summed E-state index contributed by atoms with van der Waals surface area (Å²) in [6.45, 7) is 13.4. The van der Waals surface area contributed by atoms with Crippen LogP contribution in [0.15, 0.2) is 18.3 Å². The largest absolute Gasteiger partial charge is 0.256 e. The van der Waals surface area contributed by atoms with Crippen molar-refractivity contribution in [3.63, 3.8) is 0 Å². The number of rotatable bonds is 0. The first-order valence-corrected chi connectivity index (χ1v) is 6.19. The normalized spacial score (nSPS) is 12.1. The maximum atomic E-state index is 4.61. The summed E-state index contributed by atoms with van der Waals surface area (Å²) in [5.41, 5.74) is 6.84. The molecular weight excluding hydrogens is 206 g/mol. The van der Waals surface area contributed by atoms with Gasteiger partial charge in [-0.3, -0.25) is 4.98 Å². The van der Waals surface area contributed by atoms with Crippen LogP contribution in [0.5, 0.6) is 0 Å².